The van der Waals surface area contributed by atoms with E-state index in [9.17, 15) is 4.79 Å². The molecule has 1 aromatic carbocycles. The number of carbonyl (C=O) groups is 1. The van der Waals surface area contributed by atoms with Gasteiger partial charge in [-0.1, -0.05) is 34.8 Å². The fraction of sp³-hybridized carbons (Fsp3) is 0.0833. The lowest BCUT2D eigenvalue weighted by Gasteiger charge is -2.19. The summed E-state index contributed by atoms with van der Waals surface area (Å²) in [6.45, 7) is 0. The van der Waals surface area contributed by atoms with E-state index in [2.05, 4.69) is 0 Å². The minimum Gasteiger partial charge on any atom is -0.397 e. The Hall–Kier alpha value is -0.940. The van der Waals surface area contributed by atoms with Crippen LogP contribution in [0, 0.1) is 0 Å². The summed E-state index contributed by atoms with van der Waals surface area (Å²) in [6, 6.07) is 6.46. The normalized spacial score (nSPS) is 10.5. The number of carbonyl (C=O) groups excluding carboxylic acids is 1. The third-order valence-electron chi connectivity index (χ3n) is 2.55. The van der Waals surface area contributed by atoms with Gasteiger partial charge in [0.25, 0.3) is 5.91 Å². The van der Waals surface area contributed by atoms with Crippen molar-refractivity contribution >= 4 is 63.4 Å². The van der Waals surface area contributed by atoms with Gasteiger partial charge in [0, 0.05) is 12.1 Å². The molecule has 0 radical (unpaired) electrons. The molecule has 0 aliphatic rings. The predicted molar refractivity (Wildman–Crippen MR) is 82.9 cm³/mol. The van der Waals surface area contributed by atoms with Crippen LogP contribution in [0.5, 0.6) is 0 Å². The Morgan fingerprint density at radius 1 is 1.26 bits per heavy atom. The second-order valence-electron chi connectivity index (χ2n) is 3.81. The number of nitrogen functional groups attached to an aromatic ring is 1. The van der Waals surface area contributed by atoms with Crippen LogP contribution in [0.15, 0.2) is 24.3 Å². The van der Waals surface area contributed by atoms with Gasteiger partial charge in [-0.3, -0.25) is 4.79 Å². The standard InChI is InChI=1S/C12H9Cl3N2OS/c1-17(9-4-6(13)2-3-8(9)16)12(18)7-5-10(14)19-11(7)15/h2-5H,16H2,1H3. The topological polar surface area (TPSA) is 46.3 Å². The van der Waals surface area contributed by atoms with Crippen molar-refractivity contribution in [3.8, 4) is 0 Å². The first-order valence-corrected chi connectivity index (χ1v) is 7.13. The SMILES string of the molecule is CN(C(=O)c1cc(Cl)sc1Cl)c1cc(Cl)ccc1N. The molecule has 1 aromatic heterocycles. The number of nitrogens with two attached hydrogens (primary N) is 1. The molecule has 0 atom stereocenters. The Labute approximate surface area is 129 Å². The Kier molecular flexibility index (Phi) is 4.26. The van der Waals surface area contributed by atoms with Crippen LogP contribution in [0.4, 0.5) is 11.4 Å². The highest BCUT2D eigenvalue weighted by atomic mass is 35.5. The minimum absolute atomic E-state index is 0.290. The summed E-state index contributed by atoms with van der Waals surface area (Å²) in [7, 11) is 1.60. The molecule has 100 valence electrons. The van der Waals surface area contributed by atoms with Gasteiger partial charge in [-0.25, -0.2) is 0 Å². The molecule has 0 bridgehead atoms. The van der Waals surface area contributed by atoms with E-state index in [1.54, 1.807) is 25.2 Å². The summed E-state index contributed by atoms with van der Waals surface area (Å²) in [5.74, 6) is -0.290. The molecule has 2 N–H and O–H groups in total. The van der Waals surface area contributed by atoms with Crippen LogP contribution >= 0.6 is 46.1 Å². The summed E-state index contributed by atoms with van der Waals surface area (Å²) in [4.78, 5) is 13.7. The first kappa shape index (κ1) is 14.5. The van der Waals surface area contributed by atoms with Crippen molar-refractivity contribution in [1.29, 1.82) is 0 Å². The van der Waals surface area contributed by atoms with E-state index in [1.165, 1.54) is 11.0 Å². The minimum atomic E-state index is -0.290. The largest absolute Gasteiger partial charge is 0.397 e. The lowest BCUT2D eigenvalue weighted by molar-refractivity contribution is 0.0993. The van der Waals surface area contributed by atoms with E-state index in [1.807, 2.05) is 0 Å². The first-order chi connectivity index (χ1) is 8.90. The number of thiophene rings is 1. The van der Waals surface area contributed by atoms with Crippen LogP contribution in [0.3, 0.4) is 0 Å². The number of amides is 1. The van der Waals surface area contributed by atoms with Crippen LogP contribution in [0.25, 0.3) is 0 Å². The van der Waals surface area contributed by atoms with Crippen molar-refractivity contribution in [3.63, 3.8) is 0 Å². The summed E-state index contributed by atoms with van der Waals surface area (Å²) in [5, 5.41) is 0.498. The molecule has 2 aromatic rings. The zero-order chi connectivity index (χ0) is 14.2. The zero-order valence-corrected chi connectivity index (χ0v) is 12.9. The lowest BCUT2D eigenvalue weighted by atomic mass is 10.2. The lowest BCUT2D eigenvalue weighted by Crippen LogP contribution is -2.26. The molecule has 0 spiro atoms. The van der Waals surface area contributed by atoms with Crippen molar-refractivity contribution < 1.29 is 4.79 Å². The quantitative estimate of drug-likeness (QED) is 0.817. The van der Waals surface area contributed by atoms with Gasteiger partial charge in [-0.2, -0.15) is 0 Å². The van der Waals surface area contributed by atoms with E-state index < -0.39 is 0 Å². The van der Waals surface area contributed by atoms with E-state index >= 15 is 0 Å². The van der Waals surface area contributed by atoms with Gasteiger partial charge >= 0.3 is 0 Å². The molecule has 0 saturated heterocycles. The van der Waals surface area contributed by atoms with E-state index in [0.29, 0.717) is 30.6 Å². The molecule has 19 heavy (non-hydrogen) atoms. The predicted octanol–water partition coefficient (Wildman–Crippen LogP) is 4.57. The van der Waals surface area contributed by atoms with Crippen molar-refractivity contribution in [2.24, 2.45) is 0 Å². The molecule has 1 heterocycles. The Morgan fingerprint density at radius 2 is 1.95 bits per heavy atom. The van der Waals surface area contributed by atoms with Crippen LogP contribution in [-0.4, -0.2) is 13.0 Å². The average molecular weight is 336 g/mol. The highest BCUT2D eigenvalue weighted by molar-refractivity contribution is 7.20. The molecule has 0 saturated carbocycles. The first-order valence-electron chi connectivity index (χ1n) is 5.18. The van der Waals surface area contributed by atoms with E-state index in [-0.39, 0.29) is 5.91 Å². The Morgan fingerprint density at radius 3 is 2.53 bits per heavy atom. The average Bonchev–Trinajstić information content (AvgIpc) is 2.69. The maximum Gasteiger partial charge on any atom is 0.260 e. The Bertz CT molecular complexity index is 642. The molecule has 0 aliphatic carbocycles. The third-order valence-corrected chi connectivity index (χ3v) is 4.27. The number of hydrogen-bond donors (Lipinski definition) is 1. The number of benzene rings is 1. The van der Waals surface area contributed by atoms with Crippen molar-refractivity contribution in [2.75, 3.05) is 17.7 Å². The third kappa shape index (κ3) is 2.98. The molecular formula is C12H9Cl3N2OS. The zero-order valence-electron chi connectivity index (χ0n) is 9.78. The number of hydrogen-bond acceptors (Lipinski definition) is 3. The van der Waals surface area contributed by atoms with Gasteiger partial charge in [-0.05, 0) is 24.3 Å². The highest BCUT2D eigenvalue weighted by Crippen LogP contribution is 2.34. The fourth-order valence-electron chi connectivity index (χ4n) is 1.58. The highest BCUT2D eigenvalue weighted by Gasteiger charge is 2.20. The van der Waals surface area contributed by atoms with Gasteiger partial charge in [0.1, 0.15) is 4.34 Å². The maximum atomic E-state index is 12.3. The van der Waals surface area contributed by atoms with Crippen molar-refractivity contribution in [3.05, 3.63) is 43.5 Å². The van der Waals surface area contributed by atoms with Crippen molar-refractivity contribution in [2.45, 2.75) is 0 Å². The molecule has 2 rings (SSSR count). The summed E-state index contributed by atoms with van der Waals surface area (Å²) in [5.41, 5.74) is 7.17. The molecule has 0 aliphatic heterocycles. The number of rotatable bonds is 2. The fourth-order valence-corrected chi connectivity index (χ4v) is 3.20. The second kappa shape index (κ2) is 5.59. The monoisotopic (exact) mass is 334 g/mol. The number of nitrogens with zero attached hydrogens (tertiary/aromatic N) is 1. The van der Waals surface area contributed by atoms with Gasteiger partial charge in [0.15, 0.2) is 0 Å². The van der Waals surface area contributed by atoms with E-state index in [4.69, 9.17) is 40.5 Å². The summed E-state index contributed by atoms with van der Waals surface area (Å²) in [6.07, 6.45) is 0. The van der Waals surface area contributed by atoms with Crippen molar-refractivity contribution in [1.82, 2.24) is 0 Å². The number of halogens is 3. The van der Waals surface area contributed by atoms with Gasteiger partial charge in [-0.15, -0.1) is 11.3 Å². The maximum absolute atomic E-state index is 12.3. The van der Waals surface area contributed by atoms with Gasteiger partial charge in [0.05, 0.1) is 21.3 Å². The van der Waals surface area contributed by atoms with Gasteiger partial charge < -0.3 is 10.6 Å². The van der Waals surface area contributed by atoms with E-state index in [0.717, 1.165) is 11.3 Å². The summed E-state index contributed by atoms with van der Waals surface area (Å²) >= 11 is 18.9. The molecule has 7 heteroatoms. The smallest absolute Gasteiger partial charge is 0.260 e. The van der Waals surface area contributed by atoms with Crippen LogP contribution in [0.2, 0.25) is 13.7 Å². The van der Waals surface area contributed by atoms with Crippen LogP contribution < -0.4 is 10.6 Å². The number of anilines is 2. The molecule has 0 fully saturated rings. The van der Waals surface area contributed by atoms with Crippen LogP contribution in [0.1, 0.15) is 10.4 Å². The van der Waals surface area contributed by atoms with Crippen LogP contribution in [-0.2, 0) is 0 Å². The summed E-state index contributed by atoms with van der Waals surface area (Å²) < 4.78 is 0.809. The molecule has 0 unspecified atom stereocenters. The molecular weight excluding hydrogens is 327 g/mol. The second-order valence-corrected chi connectivity index (χ2v) is 6.53. The molecule has 1 amide bonds. The molecule has 3 nitrogen and oxygen atoms in total. The van der Waals surface area contributed by atoms with Gasteiger partial charge in [0.2, 0.25) is 0 Å². The Balaban J connectivity index is 2.39.